The molecule has 1 atom stereocenters. The molecule has 0 saturated carbocycles. The molecule has 8 heteroatoms. The normalized spacial score (nSPS) is 23.2. The summed E-state index contributed by atoms with van der Waals surface area (Å²) in [7, 11) is 0. The van der Waals surface area contributed by atoms with E-state index in [0.29, 0.717) is 10.0 Å². The Morgan fingerprint density at radius 1 is 1.12 bits per heavy atom. The Bertz CT molecular complexity index is 751. The molecule has 126 valence electrons. The number of hydrogen-bond acceptors (Lipinski definition) is 6. The lowest BCUT2D eigenvalue weighted by molar-refractivity contribution is 0.360. The molecule has 0 spiro atoms. The number of anilines is 1. The molecule has 3 heterocycles. The van der Waals surface area contributed by atoms with Crippen LogP contribution in [0, 0.1) is 0 Å². The van der Waals surface area contributed by atoms with Crippen molar-refractivity contribution < 1.29 is 0 Å². The van der Waals surface area contributed by atoms with Crippen molar-refractivity contribution in [2.24, 2.45) is 15.1 Å². The molecule has 6 nitrogen and oxygen atoms in total. The number of hydrogen-bond donors (Lipinski definition) is 1. The lowest BCUT2D eigenvalue weighted by Crippen LogP contribution is -2.52. The number of nitrogens with one attached hydrogen (secondary N) is 1. The van der Waals surface area contributed by atoms with E-state index in [-0.39, 0.29) is 6.04 Å². The number of amidine groups is 2. The molecule has 1 saturated heterocycles. The average molecular weight is 365 g/mol. The Kier molecular flexibility index (Phi) is 4.20. The van der Waals surface area contributed by atoms with Crippen LogP contribution in [0.25, 0.3) is 0 Å². The van der Waals surface area contributed by atoms with Crippen LogP contribution in [0.1, 0.15) is 13.3 Å². The Labute approximate surface area is 150 Å². The molecular weight excluding hydrogens is 347 g/mol. The van der Waals surface area contributed by atoms with E-state index in [4.69, 9.17) is 33.2 Å². The van der Waals surface area contributed by atoms with Gasteiger partial charge in [-0.05, 0) is 19.1 Å². The van der Waals surface area contributed by atoms with E-state index in [1.54, 1.807) is 12.1 Å². The van der Waals surface area contributed by atoms with Crippen LogP contribution >= 0.6 is 23.2 Å². The first-order chi connectivity index (χ1) is 11.6. The number of aliphatic imine (C=N–C) groups is 2. The van der Waals surface area contributed by atoms with Gasteiger partial charge in [0, 0.05) is 38.8 Å². The Hall–Kier alpha value is -1.63. The molecule has 0 amide bonds. The molecule has 1 unspecified atom stereocenters. The third kappa shape index (κ3) is 2.79. The molecule has 1 N–H and O–H groups in total. The third-order valence-electron chi connectivity index (χ3n) is 4.28. The van der Waals surface area contributed by atoms with Crippen molar-refractivity contribution in [2.45, 2.75) is 19.4 Å². The predicted octanol–water partition coefficient (Wildman–Crippen LogP) is 2.93. The molecule has 3 aliphatic heterocycles. The van der Waals surface area contributed by atoms with Crippen molar-refractivity contribution in [3.63, 3.8) is 0 Å². The minimum absolute atomic E-state index is 0.159. The van der Waals surface area contributed by atoms with Crippen LogP contribution in [0.15, 0.2) is 27.2 Å². The third-order valence-corrected chi connectivity index (χ3v) is 5.00. The van der Waals surface area contributed by atoms with Crippen molar-refractivity contribution in [1.29, 1.82) is 0 Å². The quantitative estimate of drug-likeness (QED) is 0.769. The molecule has 24 heavy (non-hydrogen) atoms. The molecular formula is C16H18Cl2N6. The molecule has 3 aliphatic rings. The summed E-state index contributed by atoms with van der Waals surface area (Å²) in [4.78, 5) is 12.0. The summed E-state index contributed by atoms with van der Waals surface area (Å²) in [5, 5.41) is 10.8. The first-order valence-electron chi connectivity index (χ1n) is 8.07. The first-order valence-corrected chi connectivity index (χ1v) is 8.83. The number of piperazine rings is 1. The van der Waals surface area contributed by atoms with Crippen LogP contribution in [0.3, 0.4) is 0 Å². The summed E-state index contributed by atoms with van der Waals surface area (Å²) in [6.07, 6.45) is 2.69. The summed E-state index contributed by atoms with van der Waals surface area (Å²) in [6, 6.07) is 3.76. The largest absolute Gasteiger partial charge is 0.351 e. The second kappa shape index (κ2) is 6.35. The van der Waals surface area contributed by atoms with Gasteiger partial charge >= 0.3 is 0 Å². The number of nitrogens with zero attached hydrogens (tertiary/aromatic N) is 5. The van der Waals surface area contributed by atoms with E-state index < -0.39 is 0 Å². The minimum Gasteiger partial charge on any atom is -0.351 e. The monoisotopic (exact) mass is 364 g/mol. The predicted molar refractivity (Wildman–Crippen MR) is 100 cm³/mol. The van der Waals surface area contributed by atoms with Crippen molar-refractivity contribution in [3.05, 3.63) is 22.2 Å². The van der Waals surface area contributed by atoms with E-state index in [0.717, 1.165) is 55.6 Å². The van der Waals surface area contributed by atoms with Crippen molar-refractivity contribution >= 4 is 52.5 Å². The fourth-order valence-electron chi connectivity index (χ4n) is 3.02. The standard InChI is InChI=1S/C16H18Cl2N6/c1-10-2-3-20-24-14-9-12(18)11(17)8-13(14)22-15(16(24)21-10)23-6-4-19-5-7-23/h3,8-10,19H,2,4-7H2,1H3. The van der Waals surface area contributed by atoms with E-state index >= 15 is 0 Å². The summed E-state index contributed by atoms with van der Waals surface area (Å²) in [5.41, 5.74) is 1.58. The molecule has 0 aliphatic carbocycles. The summed E-state index contributed by atoms with van der Waals surface area (Å²) < 4.78 is 0. The van der Waals surface area contributed by atoms with Gasteiger partial charge in [0.2, 0.25) is 0 Å². The summed E-state index contributed by atoms with van der Waals surface area (Å²) >= 11 is 12.4. The highest BCUT2D eigenvalue weighted by Crippen LogP contribution is 2.40. The van der Waals surface area contributed by atoms with Crippen molar-refractivity contribution in [3.8, 4) is 0 Å². The van der Waals surface area contributed by atoms with Gasteiger partial charge in [-0.25, -0.2) is 10.0 Å². The highest BCUT2D eigenvalue weighted by molar-refractivity contribution is 6.48. The zero-order valence-electron chi connectivity index (χ0n) is 13.3. The Morgan fingerprint density at radius 3 is 2.67 bits per heavy atom. The van der Waals surface area contributed by atoms with Gasteiger partial charge in [-0.3, -0.25) is 4.99 Å². The molecule has 1 fully saturated rings. The van der Waals surface area contributed by atoms with E-state index in [9.17, 15) is 0 Å². The average Bonchev–Trinajstić information content (AvgIpc) is 2.78. The van der Waals surface area contributed by atoms with Crippen LogP contribution < -0.4 is 10.3 Å². The maximum atomic E-state index is 6.21. The zero-order valence-corrected chi connectivity index (χ0v) is 14.8. The maximum absolute atomic E-state index is 6.21. The lowest BCUT2D eigenvalue weighted by Gasteiger charge is -2.35. The highest BCUT2D eigenvalue weighted by atomic mass is 35.5. The van der Waals surface area contributed by atoms with Gasteiger partial charge in [-0.2, -0.15) is 5.10 Å². The molecule has 1 aromatic rings. The molecule has 0 bridgehead atoms. The van der Waals surface area contributed by atoms with Gasteiger partial charge in [-0.15, -0.1) is 0 Å². The number of rotatable bonds is 0. The number of fused-ring (bicyclic) bond motifs is 3. The summed E-state index contributed by atoms with van der Waals surface area (Å²) in [5.74, 6) is 1.64. The van der Waals surface area contributed by atoms with Gasteiger partial charge in [0.25, 0.3) is 0 Å². The number of halogens is 2. The van der Waals surface area contributed by atoms with Gasteiger partial charge in [-0.1, -0.05) is 23.2 Å². The molecule has 1 aromatic carbocycles. The van der Waals surface area contributed by atoms with Gasteiger partial charge in [0.15, 0.2) is 11.7 Å². The Balaban J connectivity index is 1.88. The van der Waals surface area contributed by atoms with Gasteiger partial charge in [0.1, 0.15) is 0 Å². The second-order valence-electron chi connectivity index (χ2n) is 6.07. The maximum Gasteiger partial charge on any atom is 0.193 e. The second-order valence-corrected chi connectivity index (χ2v) is 6.89. The highest BCUT2D eigenvalue weighted by Gasteiger charge is 2.32. The molecule has 0 radical (unpaired) electrons. The van der Waals surface area contributed by atoms with E-state index in [1.165, 1.54) is 0 Å². The summed E-state index contributed by atoms with van der Waals surface area (Å²) in [6.45, 7) is 5.72. The smallest absolute Gasteiger partial charge is 0.193 e. The van der Waals surface area contributed by atoms with Crippen molar-refractivity contribution in [2.75, 3.05) is 31.2 Å². The van der Waals surface area contributed by atoms with Gasteiger partial charge in [0.05, 0.1) is 27.5 Å². The van der Waals surface area contributed by atoms with Crippen LogP contribution in [0.2, 0.25) is 10.0 Å². The van der Waals surface area contributed by atoms with Crippen LogP contribution in [-0.2, 0) is 0 Å². The SMILES string of the molecule is CC1CC=NN2C(=N1)C(N1CCNCC1)=Nc1cc(Cl)c(Cl)cc12. The molecule has 4 rings (SSSR count). The van der Waals surface area contributed by atoms with Crippen LogP contribution in [0.4, 0.5) is 11.4 Å². The lowest BCUT2D eigenvalue weighted by atomic mass is 10.2. The van der Waals surface area contributed by atoms with Crippen LogP contribution in [-0.4, -0.2) is 55.0 Å². The molecule has 0 aromatic heterocycles. The van der Waals surface area contributed by atoms with E-state index in [2.05, 4.69) is 22.2 Å². The number of hydrazone groups is 1. The fraction of sp³-hybridized carbons (Fsp3) is 0.438. The van der Waals surface area contributed by atoms with E-state index in [1.807, 2.05) is 11.2 Å². The number of benzene rings is 1. The zero-order chi connectivity index (χ0) is 16.7. The van der Waals surface area contributed by atoms with Crippen molar-refractivity contribution in [1.82, 2.24) is 10.2 Å². The minimum atomic E-state index is 0.159. The van der Waals surface area contributed by atoms with Gasteiger partial charge < -0.3 is 10.2 Å². The first kappa shape index (κ1) is 15.9. The van der Waals surface area contributed by atoms with Crippen LogP contribution in [0.5, 0.6) is 0 Å². The fourth-order valence-corrected chi connectivity index (χ4v) is 3.33. The topological polar surface area (TPSA) is 55.6 Å². The Morgan fingerprint density at radius 2 is 1.88 bits per heavy atom.